The molecule has 0 saturated heterocycles. The summed E-state index contributed by atoms with van der Waals surface area (Å²) in [5, 5.41) is 2.79. The molecule has 0 unspecified atom stereocenters. The highest BCUT2D eigenvalue weighted by atomic mass is 16.4. The molecule has 14 heavy (non-hydrogen) atoms. The number of oxazole rings is 1. The lowest BCUT2D eigenvalue weighted by Gasteiger charge is -1.92. The quantitative estimate of drug-likeness (QED) is 0.538. The van der Waals surface area contributed by atoms with Crippen LogP contribution >= 0.6 is 0 Å². The van der Waals surface area contributed by atoms with Gasteiger partial charge in [0.05, 0.1) is 0 Å². The second kappa shape index (κ2) is 3.02. The van der Waals surface area contributed by atoms with Crippen LogP contribution in [0.15, 0.2) is 21.7 Å². The van der Waals surface area contributed by atoms with Gasteiger partial charge < -0.3 is 4.42 Å². The molecule has 0 N–H and O–H groups in total. The van der Waals surface area contributed by atoms with Crippen molar-refractivity contribution in [1.82, 2.24) is 4.98 Å². The average molecular weight is 190 g/mol. The molecule has 2 aromatic rings. The predicted octanol–water partition coefficient (Wildman–Crippen LogP) is 2.35. The third kappa shape index (κ3) is 1.19. The van der Waals surface area contributed by atoms with Gasteiger partial charge in [-0.15, -0.1) is 4.91 Å². The Morgan fingerprint density at radius 2 is 2.29 bits per heavy atom. The Morgan fingerprint density at radius 3 is 2.93 bits per heavy atom. The molecule has 1 aromatic heterocycles. The van der Waals surface area contributed by atoms with Crippen molar-refractivity contribution < 1.29 is 9.21 Å². The number of nitroso groups, excluding NO2 is 1. The minimum Gasteiger partial charge on any atom is -0.434 e. The van der Waals surface area contributed by atoms with Crippen LogP contribution in [0.5, 0.6) is 0 Å². The van der Waals surface area contributed by atoms with Crippen molar-refractivity contribution in [2.75, 3.05) is 0 Å². The highest BCUT2D eigenvalue weighted by molar-refractivity contribution is 5.83. The minimum absolute atomic E-state index is 0.00569. The van der Waals surface area contributed by atoms with E-state index in [0.29, 0.717) is 17.4 Å². The molecule has 0 radical (unpaired) electrons. The van der Waals surface area contributed by atoms with Gasteiger partial charge in [-0.3, -0.25) is 4.79 Å². The molecule has 0 saturated carbocycles. The molecular weight excluding hydrogens is 184 g/mol. The number of aldehydes is 1. The van der Waals surface area contributed by atoms with Crippen LogP contribution in [0, 0.1) is 11.8 Å². The molecule has 70 valence electrons. The van der Waals surface area contributed by atoms with E-state index in [1.54, 1.807) is 13.0 Å². The Hall–Kier alpha value is -2.04. The lowest BCUT2D eigenvalue weighted by Crippen LogP contribution is -1.78. The average Bonchev–Trinajstić information content (AvgIpc) is 2.61. The van der Waals surface area contributed by atoms with Crippen molar-refractivity contribution in [3.63, 3.8) is 0 Å². The van der Waals surface area contributed by atoms with Crippen LogP contribution in [-0.2, 0) is 0 Å². The zero-order valence-corrected chi connectivity index (χ0v) is 7.35. The highest BCUT2D eigenvalue weighted by Gasteiger charge is 2.08. The molecule has 5 nitrogen and oxygen atoms in total. The topological polar surface area (TPSA) is 72.5 Å². The van der Waals surface area contributed by atoms with Gasteiger partial charge >= 0.3 is 0 Å². The van der Waals surface area contributed by atoms with E-state index in [1.807, 2.05) is 0 Å². The molecule has 0 aliphatic heterocycles. The van der Waals surface area contributed by atoms with Crippen molar-refractivity contribution in [1.29, 1.82) is 0 Å². The van der Waals surface area contributed by atoms with Crippen LogP contribution in [0.2, 0.25) is 0 Å². The molecule has 0 amide bonds. The summed E-state index contributed by atoms with van der Waals surface area (Å²) in [5.74, 6) is 0.00569. The monoisotopic (exact) mass is 190 g/mol. The summed E-state index contributed by atoms with van der Waals surface area (Å²) < 4.78 is 5.06. The zero-order chi connectivity index (χ0) is 10.1. The van der Waals surface area contributed by atoms with Crippen molar-refractivity contribution in [2.45, 2.75) is 6.92 Å². The first-order valence-corrected chi connectivity index (χ1v) is 3.94. The molecule has 2 rings (SSSR count). The second-order valence-corrected chi connectivity index (χ2v) is 2.87. The van der Waals surface area contributed by atoms with E-state index in [-0.39, 0.29) is 11.6 Å². The Kier molecular flexibility index (Phi) is 1.85. The highest BCUT2D eigenvalue weighted by Crippen LogP contribution is 2.25. The largest absolute Gasteiger partial charge is 0.434 e. The smallest absolute Gasteiger partial charge is 0.260 e. The first-order valence-electron chi connectivity index (χ1n) is 3.94. The summed E-state index contributed by atoms with van der Waals surface area (Å²) >= 11 is 0. The summed E-state index contributed by atoms with van der Waals surface area (Å²) in [6.07, 6.45) is 0.521. The fourth-order valence-electron chi connectivity index (χ4n) is 1.30. The lowest BCUT2D eigenvalue weighted by atomic mass is 10.2. The molecule has 1 aromatic carbocycles. The summed E-state index contributed by atoms with van der Waals surface area (Å²) in [6, 6.07) is 3.04. The summed E-state index contributed by atoms with van der Waals surface area (Å²) in [5.41, 5.74) is 2.01. The molecule has 0 fully saturated rings. The Labute approximate surface area is 78.7 Å². The predicted molar refractivity (Wildman–Crippen MR) is 49.6 cm³/mol. The number of fused-ring (bicyclic) bond motifs is 1. The summed E-state index contributed by atoms with van der Waals surface area (Å²) in [6.45, 7) is 1.77. The molecule has 0 bridgehead atoms. The third-order valence-corrected chi connectivity index (χ3v) is 1.89. The number of aromatic nitrogens is 1. The van der Waals surface area contributed by atoms with Gasteiger partial charge in [-0.2, -0.15) is 0 Å². The van der Waals surface area contributed by atoms with Crippen molar-refractivity contribution in [3.05, 3.63) is 28.5 Å². The van der Waals surface area contributed by atoms with Crippen LogP contribution in [0.1, 0.15) is 16.2 Å². The Bertz CT molecular complexity index is 516. The number of aryl methyl sites for hydroxylation is 1. The maximum absolute atomic E-state index is 10.4. The van der Waals surface area contributed by atoms with Crippen molar-refractivity contribution in [3.8, 4) is 0 Å². The van der Waals surface area contributed by atoms with Crippen LogP contribution in [-0.4, -0.2) is 11.3 Å². The standard InChI is InChI=1S/C9H6N2O3/c1-5-2-6(11-13)3-7-9(5)10-8(4-12)14-7/h2-4H,1H3. The Balaban J connectivity index is 2.79. The van der Waals surface area contributed by atoms with Gasteiger partial charge in [0, 0.05) is 6.07 Å². The number of benzene rings is 1. The van der Waals surface area contributed by atoms with Crippen molar-refractivity contribution >= 4 is 23.1 Å². The van der Waals surface area contributed by atoms with Gasteiger partial charge in [0.15, 0.2) is 5.58 Å². The van der Waals surface area contributed by atoms with E-state index in [1.165, 1.54) is 6.07 Å². The molecule has 0 atom stereocenters. The number of nitrogens with zero attached hydrogens (tertiary/aromatic N) is 2. The summed E-state index contributed by atoms with van der Waals surface area (Å²) in [7, 11) is 0. The van der Waals surface area contributed by atoms with E-state index in [2.05, 4.69) is 10.2 Å². The number of carbonyl (C=O) groups is 1. The first kappa shape index (κ1) is 8.55. The van der Waals surface area contributed by atoms with Crippen LogP contribution in [0.3, 0.4) is 0 Å². The fraction of sp³-hybridized carbons (Fsp3) is 0.111. The lowest BCUT2D eigenvalue weighted by molar-refractivity contribution is 0.109. The molecule has 0 aliphatic carbocycles. The molecule has 1 heterocycles. The molecule has 0 spiro atoms. The molecule has 5 heteroatoms. The van der Waals surface area contributed by atoms with Gasteiger partial charge in [0.1, 0.15) is 11.2 Å². The first-order chi connectivity index (χ1) is 6.74. The zero-order valence-electron chi connectivity index (χ0n) is 7.35. The normalized spacial score (nSPS) is 10.4. The summed E-state index contributed by atoms with van der Waals surface area (Å²) in [4.78, 5) is 24.6. The van der Waals surface area contributed by atoms with Gasteiger partial charge in [-0.25, -0.2) is 4.98 Å². The number of carbonyl (C=O) groups excluding carboxylic acids is 1. The van der Waals surface area contributed by atoms with E-state index in [9.17, 15) is 9.70 Å². The maximum Gasteiger partial charge on any atom is 0.260 e. The maximum atomic E-state index is 10.4. The van der Waals surface area contributed by atoms with Gasteiger partial charge in [0.2, 0.25) is 6.29 Å². The second-order valence-electron chi connectivity index (χ2n) is 2.87. The fourth-order valence-corrected chi connectivity index (χ4v) is 1.30. The Morgan fingerprint density at radius 1 is 1.50 bits per heavy atom. The van der Waals surface area contributed by atoms with Crippen LogP contribution < -0.4 is 0 Å². The van der Waals surface area contributed by atoms with Gasteiger partial charge in [-0.1, -0.05) is 0 Å². The number of hydrogen-bond donors (Lipinski definition) is 0. The number of hydrogen-bond acceptors (Lipinski definition) is 5. The molecule has 0 aliphatic rings. The minimum atomic E-state index is 0.00569. The van der Waals surface area contributed by atoms with E-state index in [4.69, 9.17) is 4.42 Å². The van der Waals surface area contributed by atoms with Crippen molar-refractivity contribution in [2.24, 2.45) is 5.18 Å². The SMILES string of the molecule is Cc1cc(N=O)cc2oc(C=O)nc12. The van der Waals surface area contributed by atoms with E-state index >= 15 is 0 Å². The third-order valence-electron chi connectivity index (χ3n) is 1.89. The van der Waals surface area contributed by atoms with Gasteiger partial charge in [0.25, 0.3) is 5.89 Å². The van der Waals surface area contributed by atoms with Crippen LogP contribution in [0.4, 0.5) is 5.69 Å². The van der Waals surface area contributed by atoms with Crippen LogP contribution in [0.25, 0.3) is 11.1 Å². The number of rotatable bonds is 2. The van der Waals surface area contributed by atoms with Gasteiger partial charge in [-0.05, 0) is 23.7 Å². The van der Waals surface area contributed by atoms with E-state index in [0.717, 1.165) is 5.56 Å². The van der Waals surface area contributed by atoms with E-state index < -0.39 is 0 Å². The molecular formula is C9H6N2O3.